The highest BCUT2D eigenvalue weighted by molar-refractivity contribution is 5.95. The summed E-state index contributed by atoms with van der Waals surface area (Å²) in [5.74, 6) is -0.000765. The highest BCUT2D eigenvalue weighted by atomic mass is 16.4. The third-order valence-electron chi connectivity index (χ3n) is 8.66. The molecule has 1 aliphatic carbocycles. The van der Waals surface area contributed by atoms with Crippen LogP contribution in [-0.4, -0.2) is 59.7 Å². The molecule has 2 N–H and O–H groups in total. The van der Waals surface area contributed by atoms with E-state index in [1.165, 1.54) is 5.56 Å². The smallest absolute Gasteiger partial charge is 0.407 e. The molecule has 1 saturated carbocycles. The molecule has 0 unspecified atom stereocenters. The second-order valence-electron chi connectivity index (χ2n) is 11.2. The average Bonchev–Trinajstić information content (AvgIpc) is 3.35. The number of aryl methyl sites for hydroxylation is 2. The molecule has 3 aromatic heterocycles. The molecule has 4 aromatic rings. The second kappa shape index (κ2) is 8.97. The van der Waals surface area contributed by atoms with Crippen LogP contribution in [0.25, 0.3) is 22.2 Å². The Bertz CT molecular complexity index is 1630. The van der Waals surface area contributed by atoms with Crippen LogP contribution in [0, 0.1) is 13.8 Å². The van der Waals surface area contributed by atoms with Gasteiger partial charge in [0.05, 0.1) is 23.3 Å². The lowest BCUT2D eigenvalue weighted by Gasteiger charge is -2.33. The Hall–Kier alpha value is -4.14. The van der Waals surface area contributed by atoms with Crippen LogP contribution in [-0.2, 0) is 13.0 Å². The van der Waals surface area contributed by atoms with Crippen molar-refractivity contribution in [3.05, 3.63) is 70.3 Å². The summed E-state index contributed by atoms with van der Waals surface area (Å²) in [6, 6.07) is 6.70. The molecular weight excluding hydrogens is 492 g/mol. The van der Waals surface area contributed by atoms with Gasteiger partial charge in [0, 0.05) is 49.2 Å². The molecular formula is C30H32N6O3. The minimum Gasteiger partial charge on any atom is -0.465 e. The van der Waals surface area contributed by atoms with Gasteiger partial charge < -0.3 is 19.9 Å². The zero-order valence-corrected chi connectivity index (χ0v) is 22.3. The van der Waals surface area contributed by atoms with Crippen molar-refractivity contribution >= 4 is 23.0 Å². The van der Waals surface area contributed by atoms with Crippen molar-refractivity contribution in [2.45, 2.75) is 64.6 Å². The fourth-order valence-corrected chi connectivity index (χ4v) is 6.33. The fourth-order valence-electron chi connectivity index (χ4n) is 6.33. The van der Waals surface area contributed by atoms with Crippen LogP contribution in [0.2, 0.25) is 0 Å². The van der Waals surface area contributed by atoms with E-state index in [-0.39, 0.29) is 11.9 Å². The fraction of sp³-hybridized carbons (Fsp3) is 0.400. The first-order chi connectivity index (χ1) is 18.9. The maximum atomic E-state index is 13.7. The summed E-state index contributed by atoms with van der Waals surface area (Å²) in [6.07, 6.45) is 9.41. The number of carbonyl (C=O) groups excluding carboxylic acids is 1. The van der Waals surface area contributed by atoms with E-state index in [0.717, 1.165) is 76.6 Å². The number of likely N-dealkylation sites (tertiary alicyclic amines) is 1. The molecule has 1 aromatic carbocycles. The van der Waals surface area contributed by atoms with Gasteiger partial charge in [0.25, 0.3) is 5.91 Å². The predicted octanol–water partition coefficient (Wildman–Crippen LogP) is 5.39. The number of fused-ring (bicyclic) bond motifs is 2. The van der Waals surface area contributed by atoms with E-state index in [2.05, 4.69) is 40.2 Å². The molecule has 39 heavy (non-hydrogen) atoms. The van der Waals surface area contributed by atoms with Gasteiger partial charge in [-0.3, -0.25) is 9.48 Å². The Morgan fingerprint density at radius 2 is 1.92 bits per heavy atom. The van der Waals surface area contributed by atoms with Gasteiger partial charge in [-0.05, 0) is 85.9 Å². The molecule has 0 bridgehead atoms. The van der Waals surface area contributed by atoms with Crippen LogP contribution in [0.3, 0.4) is 0 Å². The molecule has 3 aliphatic rings. The molecule has 9 heteroatoms. The normalized spacial score (nSPS) is 19.1. The lowest BCUT2D eigenvalue weighted by atomic mass is 9.86. The summed E-state index contributed by atoms with van der Waals surface area (Å²) in [5, 5.41) is 15.7. The number of hydrogen-bond donors (Lipinski definition) is 2. The monoisotopic (exact) mass is 524 g/mol. The molecule has 1 saturated heterocycles. The van der Waals surface area contributed by atoms with Gasteiger partial charge in [0.15, 0.2) is 0 Å². The Kier molecular flexibility index (Phi) is 5.50. The van der Waals surface area contributed by atoms with Crippen LogP contribution >= 0.6 is 0 Å². The van der Waals surface area contributed by atoms with Gasteiger partial charge >= 0.3 is 6.09 Å². The Morgan fingerprint density at radius 3 is 2.72 bits per heavy atom. The molecule has 200 valence electrons. The highest BCUT2D eigenvalue weighted by Gasteiger charge is 2.35. The van der Waals surface area contributed by atoms with Crippen LogP contribution in [0.15, 0.2) is 36.8 Å². The predicted molar refractivity (Wildman–Crippen MR) is 147 cm³/mol. The number of amides is 2. The van der Waals surface area contributed by atoms with Gasteiger partial charge in [-0.25, -0.2) is 9.78 Å². The van der Waals surface area contributed by atoms with Gasteiger partial charge in [0.1, 0.15) is 5.65 Å². The summed E-state index contributed by atoms with van der Waals surface area (Å²) < 4.78 is 1.94. The number of benzene rings is 1. The third-order valence-corrected chi connectivity index (χ3v) is 8.66. The highest BCUT2D eigenvalue weighted by Crippen LogP contribution is 2.40. The standard InChI is InChI=1S/C30H32N6O3/c1-17-13-31-28-23(17)12-21(14-32-28)20-10-19-7-9-34(29(37)25-16-36(22-5-6-22)33-18(25)2)15-26(19)24(11-20)27-4-3-8-35(27)30(38)39/h10-14,16,22,27H,3-9,15H2,1-2H3,(H,31,32)(H,38,39)/t27-/m0/s1. The topological polar surface area (TPSA) is 107 Å². The molecule has 9 nitrogen and oxygen atoms in total. The third kappa shape index (κ3) is 4.07. The van der Waals surface area contributed by atoms with Gasteiger partial charge in [-0.2, -0.15) is 5.10 Å². The van der Waals surface area contributed by atoms with Crippen molar-refractivity contribution in [3.8, 4) is 11.1 Å². The van der Waals surface area contributed by atoms with Crippen LogP contribution in [0.5, 0.6) is 0 Å². The minimum atomic E-state index is -0.894. The number of hydrogen-bond acceptors (Lipinski definition) is 4. The first-order valence-corrected chi connectivity index (χ1v) is 13.8. The van der Waals surface area contributed by atoms with Crippen molar-refractivity contribution in [2.75, 3.05) is 13.1 Å². The zero-order chi connectivity index (χ0) is 26.8. The lowest BCUT2D eigenvalue weighted by Crippen LogP contribution is -2.38. The number of pyridine rings is 1. The van der Waals surface area contributed by atoms with Crippen LogP contribution in [0.4, 0.5) is 4.79 Å². The second-order valence-corrected chi connectivity index (χ2v) is 11.2. The summed E-state index contributed by atoms with van der Waals surface area (Å²) in [5.41, 5.74) is 8.75. The van der Waals surface area contributed by atoms with Crippen molar-refractivity contribution < 1.29 is 14.7 Å². The lowest BCUT2D eigenvalue weighted by molar-refractivity contribution is 0.0731. The Balaban J connectivity index is 1.29. The first-order valence-electron chi connectivity index (χ1n) is 13.8. The van der Waals surface area contributed by atoms with Crippen molar-refractivity contribution in [1.82, 2.24) is 29.5 Å². The van der Waals surface area contributed by atoms with Gasteiger partial charge in [0.2, 0.25) is 0 Å². The van der Waals surface area contributed by atoms with E-state index in [1.807, 2.05) is 35.1 Å². The van der Waals surface area contributed by atoms with E-state index in [9.17, 15) is 14.7 Å². The molecule has 1 atom stereocenters. The minimum absolute atomic E-state index is 0.000765. The molecule has 2 fully saturated rings. The van der Waals surface area contributed by atoms with Gasteiger partial charge in [-0.1, -0.05) is 6.07 Å². The number of nitrogens with zero attached hydrogens (tertiary/aromatic N) is 5. The van der Waals surface area contributed by atoms with Crippen molar-refractivity contribution in [2.24, 2.45) is 0 Å². The summed E-state index contributed by atoms with van der Waals surface area (Å²) >= 11 is 0. The van der Waals surface area contributed by atoms with E-state index < -0.39 is 6.09 Å². The Labute approximate surface area is 226 Å². The molecule has 0 radical (unpaired) electrons. The summed E-state index contributed by atoms with van der Waals surface area (Å²) in [7, 11) is 0. The summed E-state index contributed by atoms with van der Waals surface area (Å²) in [6.45, 7) is 5.58. The van der Waals surface area contributed by atoms with Crippen molar-refractivity contribution in [1.29, 1.82) is 0 Å². The summed E-state index contributed by atoms with van der Waals surface area (Å²) in [4.78, 5) is 37.1. The number of H-pyrrole nitrogens is 1. The van der Waals surface area contributed by atoms with Crippen LogP contribution in [0.1, 0.15) is 76.1 Å². The zero-order valence-electron chi connectivity index (χ0n) is 22.3. The van der Waals surface area contributed by atoms with E-state index in [0.29, 0.717) is 31.2 Å². The molecule has 2 amide bonds. The molecule has 5 heterocycles. The SMILES string of the molecule is Cc1nn(C2CC2)cc1C(=O)N1CCc2cc(-c3cnc4[nH]cc(C)c4c3)cc([C@@H]3CCCN3C(=O)O)c2C1. The van der Waals surface area contributed by atoms with Gasteiger partial charge in [-0.15, -0.1) is 0 Å². The average molecular weight is 525 g/mol. The quantitative estimate of drug-likeness (QED) is 0.372. The molecule has 7 rings (SSSR count). The van der Waals surface area contributed by atoms with E-state index in [4.69, 9.17) is 0 Å². The van der Waals surface area contributed by atoms with Crippen LogP contribution < -0.4 is 0 Å². The number of aromatic nitrogens is 4. The molecule has 0 spiro atoms. The molecule has 2 aliphatic heterocycles. The number of rotatable bonds is 4. The van der Waals surface area contributed by atoms with E-state index in [1.54, 1.807) is 4.90 Å². The largest absolute Gasteiger partial charge is 0.465 e. The maximum Gasteiger partial charge on any atom is 0.407 e. The maximum absolute atomic E-state index is 13.7. The number of aromatic amines is 1. The van der Waals surface area contributed by atoms with Crippen molar-refractivity contribution in [3.63, 3.8) is 0 Å². The first kappa shape index (κ1) is 23.9. The number of carboxylic acid groups (broad SMARTS) is 1. The number of nitrogens with one attached hydrogen (secondary N) is 1. The Morgan fingerprint density at radius 1 is 1.08 bits per heavy atom. The number of carbonyl (C=O) groups is 2. The van der Waals surface area contributed by atoms with E-state index >= 15 is 0 Å².